The number of rotatable bonds is 4. The number of aliphatic hydroxyl groups is 1. The van der Waals surface area contributed by atoms with Gasteiger partial charge in [-0.05, 0) is 25.0 Å². The summed E-state index contributed by atoms with van der Waals surface area (Å²) in [6, 6.07) is 11.9. The van der Waals surface area contributed by atoms with Gasteiger partial charge in [0.15, 0.2) is 5.65 Å². The third kappa shape index (κ3) is 2.51. The molecule has 0 amide bonds. The van der Waals surface area contributed by atoms with Gasteiger partial charge < -0.3 is 9.67 Å². The highest BCUT2D eigenvalue weighted by molar-refractivity contribution is 5.86. The minimum atomic E-state index is -0.116. The van der Waals surface area contributed by atoms with Crippen LogP contribution in [0.2, 0.25) is 0 Å². The molecule has 0 saturated carbocycles. The van der Waals surface area contributed by atoms with Crippen LogP contribution in [0.1, 0.15) is 12.1 Å². The average Bonchev–Trinajstić information content (AvgIpc) is 2.98. The van der Waals surface area contributed by atoms with Gasteiger partial charge in [-0.3, -0.25) is 4.79 Å². The number of nitrogens with zero attached hydrogens (tertiary/aromatic N) is 4. The Morgan fingerprint density at radius 3 is 2.72 bits per heavy atom. The van der Waals surface area contributed by atoms with Gasteiger partial charge in [-0.2, -0.15) is 5.10 Å². The van der Waals surface area contributed by atoms with E-state index in [9.17, 15) is 4.79 Å². The minimum absolute atomic E-state index is 0.0561. The number of pyridine rings is 1. The maximum absolute atomic E-state index is 12.6. The fourth-order valence-corrected chi connectivity index (χ4v) is 3.18. The van der Waals surface area contributed by atoms with Gasteiger partial charge in [0.25, 0.3) is 5.56 Å². The lowest BCUT2D eigenvalue weighted by molar-refractivity contribution is 0.279. The Labute approximate surface area is 144 Å². The van der Waals surface area contributed by atoms with Gasteiger partial charge in [-0.25, -0.2) is 9.50 Å². The van der Waals surface area contributed by atoms with Crippen LogP contribution in [-0.2, 0) is 6.54 Å². The first-order chi connectivity index (χ1) is 12.2. The number of hydrogen-bond donors (Lipinski definition) is 1. The molecule has 6 heteroatoms. The molecule has 0 aliphatic carbocycles. The lowest BCUT2D eigenvalue weighted by Gasteiger charge is -2.07. The van der Waals surface area contributed by atoms with E-state index in [2.05, 4.69) is 10.1 Å². The quantitative estimate of drug-likeness (QED) is 0.622. The Kier molecular flexibility index (Phi) is 3.82. The highest BCUT2D eigenvalue weighted by Gasteiger charge is 2.15. The molecule has 0 bridgehead atoms. The molecule has 0 fully saturated rings. The number of aryl methyl sites for hydroxylation is 2. The van der Waals surface area contributed by atoms with Crippen LogP contribution < -0.4 is 5.56 Å². The third-order valence-electron chi connectivity index (χ3n) is 4.38. The van der Waals surface area contributed by atoms with Crippen molar-refractivity contribution in [2.24, 2.45) is 0 Å². The van der Waals surface area contributed by atoms with E-state index in [1.165, 1.54) is 0 Å². The number of hydrogen-bond acceptors (Lipinski definition) is 4. The fraction of sp³-hybridized carbons (Fsp3) is 0.211. The second-order valence-corrected chi connectivity index (χ2v) is 6.01. The van der Waals surface area contributed by atoms with Crippen molar-refractivity contribution >= 4 is 16.6 Å². The zero-order chi connectivity index (χ0) is 17.4. The van der Waals surface area contributed by atoms with Gasteiger partial charge in [0.05, 0.1) is 16.6 Å². The summed E-state index contributed by atoms with van der Waals surface area (Å²) in [5.41, 5.74) is 4.26. The molecule has 0 aliphatic heterocycles. The van der Waals surface area contributed by atoms with Crippen LogP contribution in [-0.4, -0.2) is 30.9 Å². The van der Waals surface area contributed by atoms with E-state index < -0.39 is 0 Å². The zero-order valence-corrected chi connectivity index (χ0v) is 13.9. The highest BCUT2D eigenvalue weighted by Crippen LogP contribution is 2.28. The molecule has 0 spiro atoms. The van der Waals surface area contributed by atoms with Crippen molar-refractivity contribution in [3.05, 3.63) is 64.8 Å². The Bertz CT molecular complexity index is 1110. The molecule has 126 valence electrons. The highest BCUT2D eigenvalue weighted by atomic mass is 16.3. The van der Waals surface area contributed by atoms with E-state index in [1.807, 2.05) is 43.3 Å². The first kappa shape index (κ1) is 15.5. The smallest absolute Gasteiger partial charge is 0.261 e. The maximum atomic E-state index is 12.6. The first-order valence-corrected chi connectivity index (χ1v) is 8.24. The Morgan fingerprint density at radius 2 is 1.96 bits per heavy atom. The monoisotopic (exact) mass is 334 g/mol. The Balaban J connectivity index is 1.97. The molecular formula is C19H18N4O2. The number of fused-ring (bicyclic) bond motifs is 3. The summed E-state index contributed by atoms with van der Waals surface area (Å²) < 4.78 is 3.34. The molecule has 1 aromatic carbocycles. The van der Waals surface area contributed by atoms with Crippen LogP contribution in [0.3, 0.4) is 0 Å². The summed E-state index contributed by atoms with van der Waals surface area (Å²) >= 11 is 0. The fourth-order valence-electron chi connectivity index (χ4n) is 3.18. The van der Waals surface area contributed by atoms with Crippen molar-refractivity contribution in [2.45, 2.75) is 19.9 Å². The van der Waals surface area contributed by atoms with E-state index in [4.69, 9.17) is 5.11 Å². The van der Waals surface area contributed by atoms with Crippen molar-refractivity contribution in [3.63, 3.8) is 0 Å². The predicted molar refractivity (Wildman–Crippen MR) is 96.6 cm³/mol. The second kappa shape index (κ2) is 6.14. The molecule has 4 rings (SSSR count). The van der Waals surface area contributed by atoms with Gasteiger partial charge in [0.2, 0.25) is 0 Å². The van der Waals surface area contributed by atoms with Crippen LogP contribution in [0.5, 0.6) is 0 Å². The predicted octanol–water partition coefficient (Wildman–Crippen LogP) is 2.40. The molecular weight excluding hydrogens is 316 g/mol. The van der Waals surface area contributed by atoms with Gasteiger partial charge in [0.1, 0.15) is 0 Å². The third-order valence-corrected chi connectivity index (χ3v) is 4.38. The number of benzene rings is 1. The van der Waals surface area contributed by atoms with Crippen molar-refractivity contribution in [3.8, 4) is 11.1 Å². The minimum Gasteiger partial charge on any atom is -0.396 e. The van der Waals surface area contributed by atoms with Crippen molar-refractivity contribution in [1.82, 2.24) is 19.2 Å². The molecule has 4 aromatic rings. The largest absolute Gasteiger partial charge is 0.396 e. The topological polar surface area (TPSA) is 72.4 Å². The van der Waals surface area contributed by atoms with Crippen LogP contribution in [0.25, 0.3) is 27.7 Å². The van der Waals surface area contributed by atoms with E-state index in [0.29, 0.717) is 18.4 Å². The lowest BCUT2D eigenvalue weighted by atomic mass is 10.1. The molecule has 1 N–H and O–H groups in total. The normalized spacial score (nSPS) is 11.4. The van der Waals surface area contributed by atoms with Crippen LogP contribution in [0, 0.1) is 6.92 Å². The van der Waals surface area contributed by atoms with E-state index in [1.54, 1.807) is 21.5 Å². The van der Waals surface area contributed by atoms with E-state index in [0.717, 1.165) is 28.0 Å². The van der Waals surface area contributed by atoms with Gasteiger partial charge in [0, 0.05) is 31.1 Å². The van der Waals surface area contributed by atoms with Gasteiger partial charge >= 0.3 is 0 Å². The first-order valence-electron chi connectivity index (χ1n) is 8.24. The summed E-state index contributed by atoms with van der Waals surface area (Å²) in [5, 5.41) is 14.1. The number of aromatic nitrogens is 4. The zero-order valence-electron chi connectivity index (χ0n) is 13.9. The molecule has 0 saturated heterocycles. The molecule has 25 heavy (non-hydrogen) atoms. The Morgan fingerprint density at radius 1 is 1.16 bits per heavy atom. The van der Waals surface area contributed by atoms with E-state index >= 15 is 0 Å². The molecule has 3 aromatic heterocycles. The van der Waals surface area contributed by atoms with Crippen LogP contribution >= 0.6 is 0 Å². The lowest BCUT2D eigenvalue weighted by Crippen LogP contribution is -2.21. The van der Waals surface area contributed by atoms with Crippen LogP contribution in [0.4, 0.5) is 0 Å². The SMILES string of the molecule is Cc1nn2c(ncc3c(=O)n(CCCO)ccc32)c1-c1ccccc1. The molecule has 6 nitrogen and oxygen atoms in total. The summed E-state index contributed by atoms with van der Waals surface area (Å²) in [4.78, 5) is 17.2. The molecule has 3 heterocycles. The van der Waals surface area contributed by atoms with Gasteiger partial charge in [-0.1, -0.05) is 30.3 Å². The van der Waals surface area contributed by atoms with Crippen molar-refractivity contribution in [1.29, 1.82) is 0 Å². The molecule has 0 atom stereocenters. The standard InChI is InChI=1S/C19H18N4O2/c1-13-17(14-6-3-2-4-7-14)18-20-12-15-16(23(18)21-13)8-10-22(19(15)25)9-5-11-24/h2-4,6-8,10,12,24H,5,9,11H2,1H3. The number of aliphatic hydroxyl groups excluding tert-OH is 1. The summed E-state index contributed by atoms with van der Waals surface area (Å²) in [6.07, 6.45) is 3.91. The van der Waals surface area contributed by atoms with Crippen molar-refractivity contribution in [2.75, 3.05) is 6.61 Å². The van der Waals surface area contributed by atoms with Crippen molar-refractivity contribution < 1.29 is 5.11 Å². The maximum Gasteiger partial charge on any atom is 0.261 e. The molecule has 0 radical (unpaired) electrons. The van der Waals surface area contributed by atoms with Crippen LogP contribution in [0.15, 0.2) is 53.6 Å². The summed E-state index contributed by atoms with van der Waals surface area (Å²) in [6.45, 7) is 2.49. The molecule has 0 unspecified atom stereocenters. The average molecular weight is 334 g/mol. The second-order valence-electron chi connectivity index (χ2n) is 6.01. The Hall–Kier alpha value is -2.99. The summed E-state index contributed by atoms with van der Waals surface area (Å²) in [7, 11) is 0. The summed E-state index contributed by atoms with van der Waals surface area (Å²) in [5.74, 6) is 0. The van der Waals surface area contributed by atoms with E-state index in [-0.39, 0.29) is 12.2 Å². The molecule has 0 aliphatic rings. The van der Waals surface area contributed by atoms with Gasteiger partial charge in [-0.15, -0.1) is 0 Å².